The van der Waals surface area contributed by atoms with Crippen LogP contribution in [0.3, 0.4) is 0 Å². The van der Waals surface area contributed by atoms with E-state index in [0.29, 0.717) is 5.69 Å². The van der Waals surface area contributed by atoms with Gasteiger partial charge in [-0.15, -0.1) is 0 Å². The Hall–Kier alpha value is -3.92. The van der Waals surface area contributed by atoms with Crippen LogP contribution in [0.2, 0.25) is 5.02 Å². The Balaban J connectivity index is 1.76. The molecule has 0 atom stereocenters. The zero-order chi connectivity index (χ0) is 19.9. The maximum absolute atomic E-state index is 12.2. The van der Waals surface area contributed by atoms with Gasteiger partial charge >= 0.3 is 5.69 Å². The molecule has 28 heavy (non-hydrogen) atoms. The van der Waals surface area contributed by atoms with Gasteiger partial charge in [0.1, 0.15) is 6.33 Å². The predicted octanol–water partition coefficient (Wildman–Crippen LogP) is 3.23. The number of hydrazine groups is 2. The largest absolute Gasteiger partial charge is 0.356 e. The Bertz CT molecular complexity index is 1000. The molecule has 4 N–H and O–H groups in total. The lowest BCUT2D eigenvalue weighted by Crippen LogP contribution is -2.30. The molecule has 0 spiro atoms. The fraction of sp³-hybridized carbons (Fsp3) is 0. The third-order valence-electron chi connectivity index (χ3n) is 3.52. The van der Waals surface area contributed by atoms with Crippen LogP contribution < -0.4 is 21.7 Å². The van der Waals surface area contributed by atoms with Gasteiger partial charge in [0.2, 0.25) is 11.6 Å². The number of carbonyl (C=O) groups excluding carboxylic acids is 1. The van der Waals surface area contributed by atoms with E-state index in [2.05, 4.69) is 31.7 Å². The van der Waals surface area contributed by atoms with Crippen LogP contribution in [0.5, 0.6) is 0 Å². The lowest BCUT2D eigenvalue weighted by molar-refractivity contribution is -0.383. The number of nitro groups is 1. The van der Waals surface area contributed by atoms with Crippen molar-refractivity contribution in [1.29, 1.82) is 0 Å². The second-order valence-corrected chi connectivity index (χ2v) is 5.76. The number of nitrogens with zero attached hydrogens (tertiary/aromatic N) is 3. The number of carbonyl (C=O) groups is 1. The predicted molar refractivity (Wildman–Crippen MR) is 105 cm³/mol. The molecule has 0 aliphatic rings. The number of halogens is 1. The van der Waals surface area contributed by atoms with Crippen molar-refractivity contribution >= 4 is 40.5 Å². The van der Waals surface area contributed by atoms with Gasteiger partial charge in [0, 0.05) is 0 Å². The molecule has 0 fully saturated rings. The summed E-state index contributed by atoms with van der Waals surface area (Å²) in [5.74, 6) is -0.855. The highest BCUT2D eigenvalue weighted by Gasteiger charge is 2.23. The number of hydrogen-bond donors (Lipinski definition) is 4. The number of benzene rings is 2. The standard InChI is InChI=1S/C17H14ClN7O3/c18-13-9-5-4-8-12(13)17(26)24-23-16-14(25(27)28)15(19-10-20-16)22-21-11-6-2-1-3-7-11/h1-10,21H,(H,24,26)(H2,19,20,22,23). The van der Waals surface area contributed by atoms with Gasteiger partial charge in [-0.25, -0.2) is 9.97 Å². The van der Waals surface area contributed by atoms with Crippen LogP contribution in [0.25, 0.3) is 0 Å². The lowest BCUT2D eigenvalue weighted by Gasteiger charge is -2.12. The molecular formula is C17H14ClN7O3. The second kappa shape index (κ2) is 8.64. The number of amides is 1. The topological polar surface area (TPSA) is 134 Å². The molecule has 1 aromatic heterocycles. The maximum Gasteiger partial charge on any atom is 0.356 e. The SMILES string of the molecule is O=C(NNc1ncnc(NNc2ccccc2)c1[N+](=O)[O-])c1ccccc1Cl. The van der Waals surface area contributed by atoms with E-state index >= 15 is 0 Å². The summed E-state index contributed by atoms with van der Waals surface area (Å²) in [5, 5.41) is 11.8. The Morgan fingerprint density at radius 3 is 2.25 bits per heavy atom. The van der Waals surface area contributed by atoms with Crippen LogP contribution in [0, 0.1) is 10.1 Å². The molecule has 3 rings (SSSR count). The Labute approximate surface area is 164 Å². The van der Waals surface area contributed by atoms with Crippen molar-refractivity contribution in [3.05, 3.63) is 81.6 Å². The van der Waals surface area contributed by atoms with Gasteiger partial charge < -0.3 is 0 Å². The van der Waals surface area contributed by atoms with Crippen molar-refractivity contribution in [3.63, 3.8) is 0 Å². The number of rotatable bonds is 7. The normalized spacial score (nSPS) is 10.0. The third kappa shape index (κ3) is 4.43. The van der Waals surface area contributed by atoms with Gasteiger partial charge in [-0.3, -0.25) is 36.6 Å². The Morgan fingerprint density at radius 1 is 0.929 bits per heavy atom. The zero-order valence-corrected chi connectivity index (χ0v) is 15.0. The first-order chi connectivity index (χ1) is 13.6. The van der Waals surface area contributed by atoms with Crippen LogP contribution >= 0.6 is 11.6 Å². The van der Waals surface area contributed by atoms with Crippen molar-refractivity contribution in [1.82, 2.24) is 15.4 Å². The highest BCUT2D eigenvalue weighted by Crippen LogP contribution is 2.28. The van der Waals surface area contributed by atoms with Gasteiger partial charge in [-0.2, -0.15) is 0 Å². The maximum atomic E-state index is 12.2. The third-order valence-corrected chi connectivity index (χ3v) is 3.85. The highest BCUT2D eigenvalue weighted by atomic mass is 35.5. The van der Waals surface area contributed by atoms with Gasteiger partial charge in [0.15, 0.2) is 0 Å². The molecule has 0 aliphatic heterocycles. The quantitative estimate of drug-likeness (QED) is 0.351. The summed E-state index contributed by atoms with van der Waals surface area (Å²) in [4.78, 5) is 30.8. The van der Waals surface area contributed by atoms with Crippen molar-refractivity contribution in [3.8, 4) is 0 Å². The summed E-state index contributed by atoms with van der Waals surface area (Å²) >= 11 is 5.97. The minimum atomic E-state index is -0.668. The monoisotopic (exact) mass is 399 g/mol. The molecule has 0 unspecified atom stereocenters. The first kappa shape index (κ1) is 18.9. The van der Waals surface area contributed by atoms with E-state index in [1.54, 1.807) is 42.5 Å². The van der Waals surface area contributed by atoms with Gasteiger partial charge in [-0.05, 0) is 24.3 Å². The molecule has 1 amide bonds. The molecule has 0 aliphatic carbocycles. The first-order valence-electron chi connectivity index (χ1n) is 7.93. The molecule has 0 saturated carbocycles. The fourth-order valence-electron chi connectivity index (χ4n) is 2.22. The molecule has 11 heteroatoms. The van der Waals surface area contributed by atoms with E-state index < -0.39 is 16.5 Å². The van der Waals surface area contributed by atoms with Gasteiger partial charge in [0.05, 0.1) is 21.2 Å². The van der Waals surface area contributed by atoms with Crippen LogP contribution in [0.4, 0.5) is 23.0 Å². The number of para-hydroxylation sites is 1. The average Bonchev–Trinajstić information content (AvgIpc) is 2.71. The molecule has 2 aromatic carbocycles. The number of anilines is 3. The average molecular weight is 400 g/mol. The second-order valence-electron chi connectivity index (χ2n) is 5.35. The molecular weight excluding hydrogens is 386 g/mol. The summed E-state index contributed by atoms with van der Waals surface area (Å²) < 4.78 is 0. The van der Waals surface area contributed by atoms with E-state index in [1.165, 1.54) is 6.07 Å². The summed E-state index contributed by atoms with van der Waals surface area (Å²) in [7, 11) is 0. The molecule has 1 heterocycles. The van der Waals surface area contributed by atoms with E-state index in [4.69, 9.17) is 11.6 Å². The molecule has 0 bridgehead atoms. The van der Waals surface area contributed by atoms with Crippen LogP contribution in [-0.2, 0) is 0 Å². The summed E-state index contributed by atoms with van der Waals surface area (Å²) in [6, 6.07) is 15.4. The molecule has 142 valence electrons. The van der Waals surface area contributed by atoms with Gasteiger partial charge in [-0.1, -0.05) is 41.9 Å². The Kier molecular flexibility index (Phi) is 5.82. The summed E-state index contributed by atoms with van der Waals surface area (Å²) in [5.41, 5.74) is 10.7. The van der Waals surface area contributed by atoms with Crippen LogP contribution in [-0.4, -0.2) is 20.8 Å². The minimum absolute atomic E-state index is 0.0849. The lowest BCUT2D eigenvalue weighted by atomic mass is 10.2. The number of hydrogen-bond acceptors (Lipinski definition) is 8. The van der Waals surface area contributed by atoms with Crippen molar-refractivity contribution < 1.29 is 9.72 Å². The van der Waals surface area contributed by atoms with E-state index in [0.717, 1.165) is 6.33 Å². The minimum Gasteiger partial charge on any atom is -0.299 e. The molecule has 0 saturated heterocycles. The van der Waals surface area contributed by atoms with Crippen molar-refractivity contribution in [2.75, 3.05) is 16.3 Å². The first-order valence-corrected chi connectivity index (χ1v) is 8.31. The fourth-order valence-corrected chi connectivity index (χ4v) is 2.44. The van der Waals surface area contributed by atoms with Gasteiger partial charge in [0.25, 0.3) is 5.91 Å². The highest BCUT2D eigenvalue weighted by molar-refractivity contribution is 6.33. The van der Waals surface area contributed by atoms with Crippen molar-refractivity contribution in [2.45, 2.75) is 0 Å². The molecule has 3 aromatic rings. The van der Waals surface area contributed by atoms with E-state index in [9.17, 15) is 14.9 Å². The van der Waals surface area contributed by atoms with Crippen molar-refractivity contribution in [2.24, 2.45) is 0 Å². The van der Waals surface area contributed by atoms with E-state index in [1.807, 2.05) is 6.07 Å². The summed E-state index contributed by atoms with van der Waals surface area (Å²) in [6.07, 6.45) is 1.12. The smallest absolute Gasteiger partial charge is 0.299 e. The van der Waals surface area contributed by atoms with Crippen LogP contribution in [0.15, 0.2) is 60.9 Å². The zero-order valence-electron chi connectivity index (χ0n) is 14.2. The molecule has 10 nitrogen and oxygen atoms in total. The molecule has 0 radical (unpaired) electrons. The number of aromatic nitrogens is 2. The Morgan fingerprint density at radius 2 is 1.57 bits per heavy atom. The number of nitrogens with one attached hydrogen (secondary N) is 4. The summed E-state index contributed by atoms with van der Waals surface area (Å²) in [6.45, 7) is 0. The van der Waals surface area contributed by atoms with Crippen LogP contribution in [0.1, 0.15) is 10.4 Å². The van der Waals surface area contributed by atoms with E-state index in [-0.39, 0.29) is 22.2 Å².